The van der Waals surface area contributed by atoms with E-state index in [2.05, 4.69) is 31.6 Å². The number of anilines is 1. The van der Waals surface area contributed by atoms with E-state index in [0.29, 0.717) is 56.3 Å². The number of aryl methyl sites for hydroxylation is 1. The lowest BCUT2D eigenvalue weighted by Gasteiger charge is -2.53. The van der Waals surface area contributed by atoms with E-state index >= 15 is 0 Å². The van der Waals surface area contributed by atoms with E-state index in [0.717, 1.165) is 88.8 Å². The molecule has 6 aliphatic rings. The Morgan fingerprint density at radius 1 is 1.02 bits per heavy atom. The van der Waals surface area contributed by atoms with Crippen molar-refractivity contribution in [2.45, 2.75) is 87.5 Å². The maximum absolute atomic E-state index is 13.6. The number of fused-ring (bicyclic) bond motifs is 5. The minimum absolute atomic E-state index is 0.102. The van der Waals surface area contributed by atoms with Gasteiger partial charge in [-0.1, -0.05) is 31.0 Å². The van der Waals surface area contributed by atoms with Gasteiger partial charge in [0.05, 0.1) is 36.4 Å². The van der Waals surface area contributed by atoms with Crippen molar-refractivity contribution in [1.29, 1.82) is 0 Å². The molecule has 284 valence electrons. The molecule has 2 aliphatic carbocycles. The molecule has 1 spiro atoms. The van der Waals surface area contributed by atoms with Gasteiger partial charge >= 0.3 is 0 Å². The monoisotopic (exact) mass is 754 g/mol. The van der Waals surface area contributed by atoms with E-state index in [1.54, 1.807) is 13.0 Å². The minimum Gasteiger partial charge on any atom is -0.490 e. The van der Waals surface area contributed by atoms with E-state index in [4.69, 9.17) is 21.1 Å². The Hall–Kier alpha value is -2.41. The second-order valence-corrected chi connectivity index (χ2v) is 19.4. The van der Waals surface area contributed by atoms with Gasteiger partial charge < -0.3 is 19.5 Å². The molecule has 3 fully saturated rings. The average Bonchev–Trinajstić information content (AvgIpc) is 3.25. The number of aliphatic hydroxyl groups is 1. The zero-order valence-corrected chi connectivity index (χ0v) is 32.3. The number of benzene rings is 2. The average molecular weight is 755 g/mol. The molecule has 0 aromatic heterocycles. The van der Waals surface area contributed by atoms with Crippen molar-refractivity contribution in [2.24, 2.45) is 17.8 Å². The quantitative estimate of drug-likeness (QED) is 0.445. The molecule has 4 heterocycles. The Morgan fingerprint density at radius 2 is 1.88 bits per heavy atom. The Labute approximate surface area is 314 Å². The summed E-state index contributed by atoms with van der Waals surface area (Å²) in [5, 5.41) is 12.9. The van der Waals surface area contributed by atoms with Gasteiger partial charge in [-0.05, 0) is 111 Å². The molecular weight excluding hydrogens is 700 g/mol. The van der Waals surface area contributed by atoms with Crippen molar-refractivity contribution < 1.29 is 27.8 Å². The van der Waals surface area contributed by atoms with E-state index in [1.807, 2.05) is 25.1 Å². The topological polar surface area (TPSA) is 112 Å². The van der Waals surface area contributed by atoms with Crippen molar-refractivity contribution in [3.05, 3.63) is 58.1 Å². The summed E-state index contributed by atoms with van der Waals surface area (Å²) < 4.78 is 42.1. The standard InChI is InChI=1S/C40H55ClN4O6S/c1-27-5-3-14-40(47,25-43-15-16-44-17-18-50-23-33(44)22-43)35-10-7-31(35)21-45-24-39(13-4-6-29-19-32(41)9-11-34(29)39)26-51-37-12-8-30(20-36(37)45)38(46)42-52(48,49)28(27)2/h8-9,11-12,19-20,27-28,31,33,35,47H,3-7,10,13-18,21-26H2,1-2H3,(H,42,46)/t27-,28+,31-,33+,35+,39-,40+/m0/s1. The van der Waals surface area contributed by atoms with Crippen LogP contribution in [0.15, 0.2) is 36.4 Å². The SMILES string of the molecule is C[C@@H]1[C@@H](C)CCC[C@@](O)(CN2CCN3CCOC[C@H]3C2)[C@@H]2CC[C@H]2CN2C[C@@]3(CCCc4cc(Cl)ccc43)COc3ccc(cc32)C(=O)NS1(=O)=O. The number of hydrogen-bond donors (Lipinski definition) is 2. The highest BCUT2D eigenvalue weighted by Crippen LogP contribution is 2.49. The van der Waals surface area contributed by atoms with E-state index in [9.17, 15) is 18.3 Å². The van der Waals surface area contributed by atoms with Gasteiger partial charge in [-0.25, -0.2) is 13.1 Å². The fourth-order valence-corrected chi connectivity index (χ4v) is 11.8. The molecule has 7 atom stereocenters. The van der Waals surface area contributed by atoms with Gasteiger partial charge in [0.1, 0.15) is 5.75 Å². The van der Waals surface area contributed by atoms with Crippen molar-refractivity contribution in [3.8, 4) is 5.75 Å². The highest BCUT2D eigenvalue weighted by atomic mass is 35.5. The second kappa shape index (κ2) is 14.3. The third-order valence-corrected chi connectivity index (χ3v) is 15.8. The fourth-order valence-electron chi connectivity index (χ4n) is 10.3. The van der Waals surface area contributed by atoms with Gasteiger partial charge in [0.2, 0.25) is 10.0 Å². The first-order chi connectivity index (χ1) is 24.9. The largest absolute Gasteiger partial charge is 0.490 e. The Kier molecular flexibility index (Phi) is 10.1. The lowest BCUT2D eigenvalue weighted by molar-refractivity contribution is -0.120. The lowest BCUT2D eigenvalue weighted by atomic mass is 9.62. The first-order valence-corrected chi connectivity index (χ1v) is 21.5. The molecule has 0 radical (unpaired) electrons. The Balaban J connectivity index is 1.16. The molecule has 12 heteroatoms. The van der Waals surface area contributed by atoms with Crippen molar-refractivity contribution in [2.75, 3.05) is 70.5 Å². The molecule has 8 rings (SSSR count). The van der Waals surface area contributed by atoms with Crippen LogP contribution >= 0.6 is 11.6 Å². The summed E-state index contributed by atoms with van der Waals surface area (Å²) in [4.78, 5) is 21.0. The summed E-state index contributed by atoms with van der Waals surface area (Å²) >= 11 is 6.49. The van der Waals surface area contributed by atoms with Gasteiger partial charge in [0.15, 0.2) is 0 Å². The van der Waals surface area contributed by atoms with E-state index < -0.39 is 26.8 Å². The molecule has 2 N–H and O–H groups in total. The zero-order valence-electron chi connectivity index (χ0n) is 30.7. The van der Waals surface area contributed by atoms with Gasteiger partial charge in [-0.3, -0.25) is 14.6 Å². The van der Waals surface area contributed by atoms with Crippen LogP contribution in [0.2, 0.25) is 5.02 Å². The van der Waals surface area contributed by atoms with Gasteiger partial charge in [-0.2, -0.15) is 0 Å². The van der Waals surface area contributed by atoms with E-state index in [-0.39, 0.29) is 23.2 Å². The summed E-state index contributed by atoms with van der Waals surface area (Å²) in [5.41, 5.74) is 2.43. The fraction of sp³-hybridized carbons (Fsp3) is 0.675. The van der Waals surface area contributed by atoms with Crippen LogP contribution in [0.25, 0.3) is 0 Å². The first-order valence-electron chi connectivity index (χ1n) is 19.6. The van der Waals surface area contributed by atoms with Crippen LogP contribution in [0.3, 0.4) is 0 Å². The Morgan fingerprint density at radius 3 is 2.71 bits per heavy atom. The lowest BCUT2D eigenvalue weighted by Crippen LogP contribution is -2.62. The summed E-state index contributed by atoms with van der Waals surface area (Å²) in [6.07, 6.45) is 6.91. The third-order valence-electron chi connectivity index (χ3n) is 13.7. The van der Waals surface area contributed by atoms with Crippen LogP contribution in [-0.4, -0.2) is 112 Å². The molecule has 0 unspecified atom stereocenters. The van der Waals surface area contributed by atoms with Crippen LogP contribution in [0.1, 0.15) is 80.3 Å². The molecule has 52 heavy (non-hydrogen) atoms. The highest BCUT2D eigenvalue weighted by molar-refractivity contribution is 7.90. The highest BCUT2D eigenvalue weighted by Gasteiger charge is 2.50. The summed E-state index contributed by atoms with van der Waals surface area (Å²) in [6.45, 7) is 11.4. The van der Waals surface area contributed by atoms with Gasteiger partial charge in [-0.15, -0.1) is 0 Å². The number of β-amino-alcohol motifs (C(OH)–C–C–N with tert-alkyl or cyclic N) is 1. The van der Waals surface area contributed by atoms with Crippen molar-refractivity contribution >= 4 is 33.2 Å². The molecule has 10 nitrogen and oxygen atoms in total. The number of sulfonamides is 1. The summed E-state index contributed by atoms with van der Waals surface area (Å²) in [6, 6.07) is 11.9. The molecule has 4 aliphatic heterocycles. The summed E-state index contributed by atoms with van der Waals surface area (Å²) in [5.74, 6) is 0.236. The van der Waals surface area contributed by atoms with Crippen LogP contribution < -0.4 is 14.4 Å². The number of rotatable bonds is 2. The predicted octanol–water partition coefficient (Wildman–Crippen LogP) is 4.85. The molecule has 2 bridgehead atoms. The van der Waals surface area contributed by atoms with Gasteiger partial charge in [0, 0.05) is 67.9 Å². The first kappa shape index (κ1) is 36.6. The number of morpholine rings is 1. The number of hydrogen-bond acceptors (Lipinski definition) is 9. The zero-order chi connectivity index (χ0) is 36.3. The molecule has 1 saturated carbocycles. The predicted molar refractivity (Wildman–Crippen MR) is 203 cm³/mol. The summed E-state index contributed by atoms with van der Waals surface area (Å²) in [7, 11) is -3.95. The molecule has 2 saturated heterocycles. The number of piperazine rings is 1. The number of amides is 1. The van der Waals surface area contributed by atoms with Crippen LogP contribution in [0, 0.1) is 17.8 Å². The number of carbonyl (C=O) groups excluding carboxylic acids is 1. The molecular formula is C40H55ClN4O6S. The minimum atomic E-state index is -3.95. The number of nitrogens with one attached hydrogen (secondary N) is 1. The number of carbonyl (C=O) groups is 1. The van der Waals surface area contributed by atoms with Crippen molar-refractivity contribution in [3.63, 3.8) is 0 Å². The molecule has 2 aromatic carbocycles. The Bertz CT molecular complexity index is 1780. The number of ether oxygens (including phenoxy) is 2. The van der Waals surface area contributed by atoms with E-state index in [1.165, 1.54) is 11.1 Å². The van der Waals surface area contributed by atoms with Crippen molar-refractivity contribution in [1.82, 2.24) is 14.5 Å². The van der Waals surface area contributed by atoms with Crippen LogP contribution in [0.5, 0.6) is 5.75 Å². The smallest absolute Gasteiger partial charge is 0.264 e. The number of nitrogens with zero attached hydrogens (tertiary/aromatic N) is 3. The van der Waals surface area contributed by atoms with Crippen LogP contribution in [0.4, 0.5) is 5.69 Å². The number of halogens is 1. The van der Waals surface area contributed by atoms with Crippen LogP contribution in [-0.2, 0) is 26.6 Å². The normalized spacial score (nSPS) is 35.6. The second-order valence-electron chi connectivity index (χ2n) is 16.9. The molecule has 2 aromatic rings. The molecule has 1 amide bonds. The maximum atomic E-state index is 13.6. The third kappa shape index (κ3) is 6.99. The van der Waals surface area contributed by atoms with Gasteiger partial charge in [0.25, 0.3) is 5.91 Å². The maximum Gasteiger partial charge on any atom is 0.264 e.